The fourth-order valence-corrected chi connectivity index (χ4v) is 3.08. The molecule has 1 aromatic carbocycles. The third kappa shape index (κ3) is 6.85. The number of nitrogens with zero attached hydrogens (tertiary/aromatic N) is 1. The van der Waals surface area contributed by atoms with Gasteiger partial charge in [0.05, 0.1) is 5.75 Å². The lowest BCUT2D eigenvalue weighted by Crippen LogP contribution is -2.38. The first-order valence-corrected chi connectivity index (χ1v) is 10.1. The lowest BCUT2D eigenvalue weighted by atomic mass is 10.1. The first-order valence-electron chi connectivity index (χ1n) is 8.07. The summed E-state index contributed by atoms with van der Waals surface area (Å²) in [4.78, 5) is 4.53. The fraction of sp³-hybridized carbons (Fsp3) is 0.471. The number of hydrogen-bond acceptors (Lipinski definition) is 4. The molecule has 0 unspecified atom stereocenters. The molecule has 0 spiro atoms. The van der Waals surface area contributed by atoms with E-state index in [9.17, 15) is 8.42 Å². The Morgan fingerprint density at radius 2 is 1.96 bits per heavy atom. The molecule has 0 fully saturated rings. The minimum Gasteiger partial charge on any atom is -0.459 e. The van der Waals surface area contributed by atoms with Crippen LogP contribution in [-0.4, -0.2) is 39.5 Å². The maximum Gasteiger partial charge on any atom is 0.191 e. The SMILES string of the molecule is CCNC(=NCc1oc2ccccc2c1C)NCCCS(C)(=O)=O.I. The van der Waals surface area contributed by atoms with Crippen molar-refractivity contribution in [2.75, 3.05) is 25.1 Å². The van der Waals surface area contributed by atoms with E-state index in [0.717, 1.165) is 28.8 Å². The average molecular weight is 479 g/mol. The van der Waals surface area contributed by atoms with Crippen molar-refractivity contribution >= 4 is 50.7 Å². The molecular formula is C17H26IN3O3S. The van der Waals surface area contributed by atoms with Crippen LogP contribution in [0.4, 0.5) is 0 Å². The Balaban J connectivity index is 0.00000312. The molecule has 6 nitrogen and oxygen atoms in total. The molecule has 2 N–H and O–H groups in total. The van der Waals surface area contributed by atoms with Gasteiger partial charge in [-0.05, 0) is 26.3 Å². The van der Waals surface area contributed by atoms with Crippen molar-refractivity contribution in [3.63, 3.8) is 0 Å². The van der Waals surface area contributed by atoms with E-state index in [1.54, 1.807) is 0 Å². The van der Waals surface area contributed by atoms with Crippen molar-refractivity contribution in [3.8, 4) is 0 Å². The van der Waals surface area contributed by atoms with Gasteiger partial charge in [-0.2, -0.15) is 0 Å². The smallest absolute Gasteiger partial charge is 0.191 e. The van der Waals surface area contributed by atoms with Gasteiger partial charge in [-0.1, -0.05) is 18.2 Å². The second-order valence-corrected chi connectivity index (χ2v) is 8.01. The molecule has 25 heavy (non-hydrogen) atoms. The zero-order valence-corrected chi connectivity index (χ0v) is 18.0. The van der Waals surface area contributed by atoms with Crippen LogP contribution in [0.2, 0.25) is 0 Å². The summed E-state index contributed by atoms with van der Waals surface area (Å²) in [5, 5.41) is 7.41. The highest BCUT2D eigenvalue weighted by atomic mass is 127. The van der Waals surface area contributed by atoms with Gasteiger partial charge in [-0.3, -0.25) is 0 Å². The molecule has 0 radical (unpaired) electrons. The number of halogens is 1. The highest BCUT2D eigenvalue weighted by Crippen LogP contribution is 2.25. The molecule has 0 bridgehead atoms. The molecule has 2 aromatic rings. The second kappa shape index (κ2) is 10.0. The van der Waals surface area contributed by atoms with Gasteiger partial charge < -0.3 is 15.1 Å². The van der Waals surface area contributed by atoms with Gasteiger partial charge in [0.1, 0.15) is 27.7 Å². The second-order valence-electron chi connectivity index (χ2n) is 5.75. The van der Waals surface area contributed by atoms with Crippen LogP contribution < -0.4 is 10.6 Å². The molecular weight excluding hydrogens is 453 g/mol. The van der Waals surface area contributed by atoms with E-state index < -0.39 is 9.84 Å². The summed E-state index contributed by atoms with van der Waals surface area (Å²) in [5.74, 6) is 1.66. The van der Waals surface area contributed by atoms with Gasteiger partial charge in [-0.15, -0.1) is 24.0 Å². The third-order valence-electron chi connectivity index (χ3n) is 3.65. The first kappa shape index (κ1) is 21.8. The van der Waals surface area contributed by atoms with Crippen LogP contribution in [0.25, 0.3) is 11.0 Å². The number of fused-ring (bicyclic) bond motifs is 1. The van der Waals surface area contributed by atoms with Crippen LogP contribution in [0.1, 0.15) is 24.7 Å². The van der Waals surface area contributed by atoms with Gasteiger partial charge in [0.25, 0.3) is 0 Å². The van der Waals surface area contributed by atoms with Crippen LogP contribution in [0.5, 0.6) is 0 Å². The van der Waals surface area contributed by atoms with Gasteiger partial charge >= 0.3 is 0 Å². The van der Waals surface area contributed by atoms with Crippen molar-refractivity contribution in [2.45, 2.75) is 26.8 Å². The van der Waals surface area contributed by atoms with E-state index in [2.05, 4.69) is 15.6 Å². The van der Waals surface area contributed by atoms with Crippen LogP contribution in [0.3, 0.4) is 0 Å². The Labute approximate surface area is 166 Å². The molecule has 1 aromatic heterocycles. The molecule has 0 saturated heterocycles. The molecule has 0 aliphatic carbocycles. The normalized spacial score (nSPS) is 12.0. The number of nitrogens with one attached hydrogen (secondary N) is 2. The van der Waals surface area contributed by atoms with E-state index in [4.69, 9.17) is 4.42 Å². The lowest BCUT2D eigenvalue weighted by molar-refractivity contribution is 0.548. The third-order valence-corrected chi connectivity index (χ3v) is 4.68. The number of furan rings is 1. The largest absolute Gasteiger partial charge is 0.459 e. The number of hydrogen-bond donors (Lipinski definition) is 2. The minimum absolute atomic E-state index is 0. The van der Waals surface area contributed by atoms with E-state index in [1.807, 2.05) is 38.1 Å². The number of guanidine groups is 1. The number of rotatable bonds is 7. The maximum atomic E-state index is 11.1. The molecule has 140 valence electrons. The lowest BCUT2D eigenvalue weighted by Gasteiger charge is -2.10. The van der Waals surface area contributed by atoms with Gasteiger partial charge in [0.15, 0.2) is 5.96 Å². The number of benzene rings is 1. The van der Waals surface area contributed by atoms with Crippen molar-refractivity contribution in [2.24, 2.45) is 4.99 Å². The van der Waals surface area contributed by atoms with Crippen molar-refractivity contribution < 1.29 is 12.8 Å². The Kier molecular flexibility index (Phi) is 8.70. The van der Waals surface area contributed by atoms with Gasteiger partial charge in [0, 0.05) is 30.3 Å². The highest BCUT2D eigenvalue weighted by molar-refractivity contribution is 14.0. The summed E-state index contributed by atoms with van der Waals surface area (Å²) in [6.45, 7) is 5.74. The Morgan fingerprint density at radius 1 is 1.24 bits per heavy atom. The summed E-state index contributed by atoms with van der Waals surface area (Å²) in [7, 11) is -2.93. The molecule has 0 amide bonds. The zero-order valence-electron chi connectivity index (χ0n) is 14.8. The quantitative estimate of drug-likeness (QED) is 0.276. The van der Waals surface area contributed by atoms with Crippen LogP contribution in [0, 0.1) is 6.92 Å². The molecule has 0 atom stereocenters. The molecule has 0 saturated carbocycles. The topological polar surface area (TPSA) is 83.7 Å². The molecule has 2 rings (SSSR count). The number of sulfone groups is 1. The molecule has 8 heteroatoms. The van der Waals surface area contributed by atoms with Crippen LogP contribution in [-0.2, 0) is 16.4 Å². The average Bonchev–Trinajstić information content (AvgIpc) is 2.85. The number of para-hydroxylation sites is 1. The van der Waals surface area contributed by atoms with Crippen molar-refractivity contribution in [1.82, 2.24) is 10.6 Å². The number of aliphatic imine (C=N–C) groups is 1. The summed E-state index contributed by atoms with van der Waals surface area (Å²) in [5.41, 5.74) is 1.97. The Bertz CT molecular complexity index is 816. The molecule has 0 aliphatic heterocycles. The predicted octanol–water partition coefficient (Wildman–Crippen LogP) is 2.85. The van der Waals surface area contributed by atoms with E-state index in [1.165, 1.54) is 6.26 Å². The van der Waals surface area contributed by atoms with Gasteiger partial charge in [-0.25, -0.2) is 13.4 Å². The Morgan fingerprint density at radius 3 is 2.60 bits per heavy atom. The maximum absolute atomic E-state index is 11.1. The van der Waals surface area contributed by atoms with Crippen molar-refractivity contribution in [1.29, 1.82) is 0 Å². The molecule has 1 heterocycles. The minimum atomic E-state index is -2.93. The van der Waals surface area contributed by atoms with E-state index >= 15 is 0 Å². The van der Waals surface area contributed by atoms with Crippen LogP contribution in [0.15, 0.2) is 33.7 Å². The zero-order chi connectivity index (χ0) is 17.6. The standard InChI is InChI=1S/C17H25N3O3S.HI/c1-4-18-17(19-10-7-11-24(3,21)22)20-12-16-13(2)14-8-5-6-9-15(14)23-16;/h5-6,8-9H,4,7,10-12H2,1-3H3,(H2,18,19,20);1H. The van der Waals surface area contributed by atoms with Crippen LogP contribution >= 0.6 is 24.0 Å². The number of aryl methyl sites for hydroxylation is 1. The monoisotopic (exact) mass is 479 g/mol. The molecule has 0 aliphatic rings. The summed E-state index contributed by atoms with van der Waals surface area (Å²) in [6.07, 6.45) is 1.80. The fourth-order valence-electron chi connectivity index (χ4n) is 2.41. The van der Waals surface area contributed by atoms with E-state index in [0.29, 0.717) is 25.5 Å². The Hall–Kier alpha value is -1.29. The van der Waals surface area contributed by atoms with E-state index in [-0.39, 0.29) is 29.7 Å². The first-order chi connectivity index (χ1) is 11.4. The van der Waals surface area contributed by atoms with Crippen molar-refractivity contribution in [3.05, 3.63) is 35.6 Å². The highest BCUT2D eigenvalue weighted by Gasteiger charge is 2.09. The van der Waals surface area contributed by atoms with Gasteiger partial charge in [0.2, 0.25) is 0 Å². The summed E-state index contributed by atoms with van der Waals surface area (Å²) in [6, 6.07) is 7.93. The summed E-state index contributed by atoms with van der Waals surface area (Å²) < 4.78 is 28.2. The predicted molar refractivity (Wildman–Crippen MR) is 114 cm³/mol. The summed E-state index contributed by atoms with van der Waals surface area (Å²) >= 11 is 0.